The summed E-state index contributed by atoms with van der Waals surface area (Å²) in [5, 5.41) is 18.1. The van der Waals surface area contributed by atoms with Gasteiger partial charge in [-0.1, -0.05) is 107 Å². The molecule has 0 saturated carbocycles. The molecule has 272 valence electrons. The highest BCUT2D eigenvalue weighted by atomic mass is 32.1. The van der Waals surface area contributed by atoms with E-state index >= 15 is 0 Å². The van der Waals surface area contributed by atoms with E-state index in [9.17, 15) is 4.79 Å². The Morgan fingerprint density at radius 3 is 1.68 bits per heavy atom. The van der Waals surface area contributed by atoms with E-state index in [0.29, 0.717) is 0 Å². The average molecular weight is 763 g/mol. The Kier molecular flexibility index (Phi) is 8.54. The molecule has 0 radical (unpaired) electrons. The first kappa shape index (κ1) is 35.4. The number of carboxylic acid groups (broad SMARTS) is 1. The molecule has 2 aromatic heterocycles. The van der Waals surface area contributed by atoms with E-state index in [4.69, 9.17) is 10.4 Å². The molecule has 6 heteroatoms. The van der Waals surface area contributed by atoms with Crippen molar-refractivity contribution in [3.05, 3.63) is 178 Å². The third-order valence-electron chi connectivity index (χ3n) is 11.4. The predicted molar refractivity (Wildman–Crippen MR) is 233 cm³/mol. The van der Waals surface area contributed by atoms with E-state index in [-0.39, 0.29) is 16.4 Å². The van der Waals surface area contributed by atoms with Crippen molar-refractivity contribution >= 4 is 51.8 Å². The number of allylic oxidation sites excluding steroid dienone is 2. The van der Waals surface area contributed by atoms with Crippen molar-refractivity contribution in [2.75, 3.05) is 4.90 Å². The first-order chi connectivity index (χ1) is 27.0. The zero-order valence-corrected chi connectivity index (χ0v) is 33.1. The van der Waals surface area contributed by atoms with Crippen LogP contribution in [0.2, 0.25) is 0 Å². The maximum Gasteiger partial charge on any atom is 0.346 e. The zero-order valence-electron chi connectivity index (χ0n) is 31.5. The first-order valence-corrected chi connectivity index (χ1v) is 20.3. The Balaban J connectivity index is 1.07. The van der Waals surface area contributed by atoms with Crippen LogP contribution in [-0.4, -0.2) is 11.1 Å². The van der Waals surface area contributed by atoms with Crippen LogP contribution in [0.1, 0.15) is 54.8 Å². The molecule has 0 unspecified atom stereocenters. The van der Waals surface area contributed by atoms with E-state index in [2.05, 4.69) is 160 Å². The Hall–Kier alpha value is -6.26. The van der Waals surface area contributed by atoms with Crippen LogP contribution in [-0.2, 0) is 15.6 Å². The first-order valence-electron chi connectivity index (χ1n) is 18.7. The fraction of sp³-hybridized carbons (Fsp3) is 0.120. The topological polar surface area (TPSA) is 64.3 Å². The Morgan fingerprint density at radius 2 is 1.11 bits per heavy atom. The van der Waals surface area contributed by atoms with Gasteiger partial charge in [-0.2, -0.15) is 5.26 Å². The molecule has 0 saturated heterocycles. The standard InChI is InChI=1S/C50H38N2O2S2/c1-49(2)41-14-7-5-12-37(41)39-23-20-34(28-43(39)49)52(35-21-24-40-38-13-6-8-15-42(38)50(3,4)44(40)29-35)33-18-16-31(17-19-33)45-26-27-47(56-45)46-25-22-36(55-46)11-9-10-32(30-51)48(53)54/h5-29H,1-4H3,(H,53,54)/b11-9+,32-10+. The summed E-state index contributed by atoms with van der Waals surface area (Å²) in [6, 6.07) is 50.6. The van der Waals surface area contributed by atoms with E-state index in [1.165, 1.54) is 55.5 Å². The number of thiophene rings is 2. The maximum atomic E-state index is 11.1. The minimum Gasteiger partial charge on any atom is -0.477 e. The molecule has 0 spiro atoms. The lowest BCUT2D eigenvalue weighted by atomic mass is 9.82. The number of hydrogen-bond donors (Lipinski definition) is 1. The maximum absolute atomic E-state index is 11.1. The molecule has 0 aliphatic heterocycles. The normalized spacial score (nSPS) is 14.5. The highest BCUT2D eigenvalue weighted by Crippen LogP contribution is 2.53. The van der Waals surface area contributed by atoms with Gasteiger partial charge in [-0.25, -0.2) is 4.79 Å². The second kappa shape index (κ2) is 13.5. The van der Waals surface area contributed by atoms with E-state index in [1.54, 1.807) is 34.8 Å². The SMILES string of the molecule is CC1(C)c2ccccc2-c2ccc(N(c3ccc(-c4ccc(-c5ccc(/C=C/C=C(\C#N)C(=O)O)s5)s4)cc3)c3ccc4c(c3)C(C)(C)c3ccccc3-4)cc21. The smallest absolute Gasteiger partial charge is 0.346 e. The molecule has 0 amide bonds. The predicted octanol–water partition coefficient (Wildman–Crippen LogP) is 13.8. The number of nitrogens with zero attached hydrogens (tertiary/aromatic N) is 2. The van der Waals surface area contributed by atoms with E-state index in [0.717, 1.165) is 37.3 Å². The Bertz CT molecular complexity index is 2700. The van der Waals surface area contributed by atoms with Crippen molar-refractivity contribution < 1.29 is 9.90 Å². The third-order valence-corrected chi connectivity index (χ3v) is 13.8. The molecule has 2 heterocycles. The van der Waals surface area contributed by atoms with Gasteiger partial charge < -0.3 is 10.0 Å². The van der Waals surface area contributed by atoms with Crippen molar-refractivity contribution in [2.24, 2.45) is 0 Å². The minimum absolute atomic E-state index is 0.117. The van der Waals surface area contributed by atoms with Crippen molar-refractivity contribution in [2.45, 2.75) is 38.5 Å². The molecular weight excluding hydrogens is 725 g/mol. The molecule has 5 aromatic carbocycles. The van der Waals surface area contributed by atoms with Crippen LogP contribution < -0.4 is 4.90 Å². The second-order valence-corrected chi connectivity index (χ2v) is 17.6. The van der Waals surface area contributed by atoms with E-state index < -0.39 is 5.97 Å². The molecule has 2 aliphatic carbocycles. The lowest BCUT2D eigenvalue weighted by molar-refractivity contribution is -0.132. The molecule has 2 aliphatic rings. The number of carboxylic acids is 1. The van der Waals surface area contributed by atoms with Crippen molar-refractivity contribution in [3.8, 4) is 48.5 Å². The Labute approximate surface area is 335 Å². The van der Waals surface area contributed by atoms with Gasteiger partial charge >= 0.3 is 5.97 Å². The van der Waals surface area contributed by atoms with Gasteiger partial charge in [0.05, 0.1) is 0 Å². The highest BCUT2D eigenvalue weighted by molar-refractivity contribution is 7.24. The second-order valence-electron chi connectivity index (χ2n) is 15.4. The van der Waals surface area contributed by atoms with Crippen LogP contribution in [0.5, 0.6) is 0 Å². The van der Waals surface area contributed by atoms with Gasteiger partial charge in [0.1, 0.15) is 11.6 Å². The molecule has 56 heavy (non-hydrogen) atoms. The van der Waals surface area contributed by atoms with Crippen molar-refractivity contribution in [1.82, 2.24) is 0 Å². The summed E-state index contributed by atoms with van der Waals surface area (Å²) < 4.78 is 0. The van der Waals surface area contributed by atoms with Crippen LogP contribution in [0.15, 0.2) is 151 Å². The van der Waals surface area contributed by atoms with Crippen LogP contribution >= 0.6 is 22.7 Å². The number of hydrogen-bond acceptors (Lipinski definition) is 5. The zero-order chi connectivity index (χ0) is 38.8. The number of benzene rings is 5. The van der Waals surface area contributed by atoms with Crippen molar-refractivity contribution in [1.29, 1.82) is 5.26 Å². The number of carbonyl (C=O) groups is 1. The fourth-order valence-corrected chi connectivity index (χ4v) is 10.5. The number of fused-ring (bicyclic) bond motifs is 6. The fourth-order valence-electron chi connectivity index (χ4n) is 8.48. The summed E-state index contributed by atoms with van der Waals surface area (Å²) in [4.78, 5) is 18.0. The van der Waals surface area contributed by atoms with E-state index in [1.807, 2.05) is 12.1 Å². The summed E-state index contributed by atoms with van der Waals surface area (Å²) in [7, 11) is 0. The lowest BCUT2D eigenvalue weighted by Crippen LogP contribution is -2.18. The molecule has 0 bridgehead atoms. The summed E-state index contributed by atoms with van der Waals surface area (Å²) in [6.45, 7) is 9.35. The van der Waals surface area contributed by atoms with Gasteiger partial charge in [0.15, 0.2) is 0 Å². The monoisotopic (exact) mass is 762 g/mol. The van der Waals surface area contributed by atoms with Gasteiger partial charge in [-0.15, -0.1) is 22.7 Å². The van der Waals surface area contributed by atoms with Crippen LogP contribution in [0.4, 0.5) is 17.1 Å². The van der Waals surface area contributed by atoms with Gasteiger partial charge in [-0.3, -0.25) is 0 Å². The summed E-state index contributed by atoms with van der Waals surface area (Å²) in [5.41, 5.74) is 14.7. The quantitative estimate of drug-likeness (QED) is 0.0951. The van der Waals surface area contributed by atoms with Gasteiger partial charge in [0.2, 0.25) is 0 Å². The van der Waals surface area contributed by atoms with Crippen LogP contribution in [0, 0.1) is 11.3 Å². The highest BCUT2D eigenvalue weighted by Gasteiger charge is 2.37. The van der Waals surface area contributed by atoms with Crippen LogP contribution in [0.25, 0.3) is 48.5 Å². The number of rotatable bonds is 8. The average Bonchev–Trinajstić information content (AvgIpc) is 3.98. The molecular formula is C50H38N2O2S2. The number of aliphatic carboxylic acids is 1. The molecule has 0 fully saturated rings. The molecule has 7 aromatic rings. The molecule has 4 nitrogen and oxygen atoms in total. The Morgan fingerprint density at radius 1 is 0.607 bits per heavy atom. The van der Waals surface area contributed by atoms with Gasteiger partial charge in [0, 0.05) is 47.4 Å². The summed E-state index contributed by atoms with van der Waals surface area (Å²) in [5.74, 6) is -1.23. The van der Waals surface area contributed by atoms with Crippen molar-refractivity contribution in [3.63, 3.8) is 0 Å². The number of anilines is 3. The largest absolute Gasteiger partial charge is 0.477 e. The minimum atomic E-state index is -1.23. The third kappa shape index (κ3) is 5.83. The molecule has 9 rings (SSSR count). The lowest BCUT2D eigenvalue weighted by Gasteiger charge is -2.30. The van der Waals surface area contributed by atoms with Crippen LogP contribution in [0.3, 0.4) is 0 Å². The van der Waals surface area contributed by atoms with Gasteiger partial charge in [0.25, 0.3) is 0 Å². The van der Waals surface area contributed by atoms with Gasteiger partial charge in [-0.05, 0) is 123 Å². The number of nitriles is 1. The molecule has 0 atom stereocenters. The summed E-state index contributed by atoms with van der Waals surface area (Å²) >= 11 is 3.38. The molecule has 1 N–H and O–H groups in total. The summed E-state index contributed by atoms with van der Waals surface area (Å²) in [6.07, 6.45) is 4.76.